The Morgan fingerprint density at radius 1 is 1.24 bits per heavy atom. The van der Waals surface area contributed by atoms with Gasteiger partial charge in [0.1, 0.15) is 0 Å². The van der Waals surface area contributed by atoms with E-state index in [2.05, 4.69) is 10.5 Å². The van der Waals surface area contributed by atoms with Crippen molar-refractivity contribution in [1.82, 2.24) is 5.43 Å². The van der Waals surface area contributed by atoms with Crippen LogP contribution < -0.4 is 14.9 Å². The van der Waals surface area contributed by atoms with Gasteiger partial charge in [0.25, 0.3) is 5.91 Å². The van der Waals surface area contributed by atoms with Crippen LogP contribution in [0.25, 0.3) is 0 Å². The van der Waals surface area contributed by atoms with E-state index in [1.54, 1.807) is 31.4 Å². The third-order valence-electron chi connectivity index (χ3n) is 3.30. The van der Waals surface area contributed by atoms with Gasteiger partial charge in [-0.1, -0.05) is 29.3 Å². The van der Waals surface area contributed by atoms with Crippen LogP contribution in [0.4, 0.5) is 0 Å². The van der Waals surface area contributed by atoms with Crippen molar-refractivity contribution < 1.29 is 14.3 Å². The van der Waals surface area contributed by atoms with Crippen molar-refractivity contribution >= 4 is 23.7 Å². The summed E-state index contributed by atoms with van der Waals surface area (Å²) in [4.78, 5) is 12.0. The minimum atomic E-state index is -0.283. The Morgan fingerprint density at radius 3 is 2.52 bits per heavy atom. The second-order valence-electron chi connectivity index (χ2n) is 5.77. The van der Waals surface area contributed by atoms with Crippen LogP contribution in [-0.2, 0) is 0 Å². The summed E-state index contributed by atoms with van der Waals surface area (Å²) in [6.45, 7) is 5.78. The quantitative estimate of drug-likeness (QED) is 0.620. The number of halogens is 1. The number of rotatable bonds is 6. The molecule has 0 bridgehead atoms. The zero-order valence-electron chi connectivity index (χ0n) is 14.7. The van der Waals surface area contributed by atoms with Crippen molar-refractivity contribution in [3.8, 4) is 11.5 Å². The number of aryl methyl sites for hydroxylation is 1. The molecule has 1 amide bonds. The summed E-state index contributed by atoms with van der Waals surface area (Å²) in [6.07, 6.45) is 1.47. The number of carbonyl (C=O) groups is 1. The van der Waals surface area contributed by atoms with Crippen LogP contribution in [-0.4, -0.2) is 25.3 Å². The van der Waals surface area contributed by atoms with E-state index < -0.39 is 0 Å². The number of ether oxygens (including phenoxy) is 2. The third kappa shape index (κ3) is 5.22. The first-order valence-electron chi connectivity index (χ1n) is 7.85. The lowest BCUT2D eigenvalue weighted by Gasteiger charge is -2.15. The largest absolute Gasteiger partial charge is 0.493 e. The van der Waals surface area contributed by atoms with Crippen LogP contribution in [0.1, 0.15) is 35.3 Å². The van der Waals surface area contributed by atoms with E-state index in [4.69, 9.17) is 21.1 Å². The van der Waals surface area contributed by atoms with Gasteiger partial charge in [-0.3, -0.25) is 4.79 Å². The topological polar surface area (TPSA) is 59.9 Å². The summed E-state index contributed by atoms with van der Waals surface area (Å²) in [5, 5.41) is 4.38. The first-order chi connectivity index (χ1) is 11.9. The molecule has 0 fully saturated rings. The Hall–Kier alpha value is -2.53. The molecule has 2 aromatic carbocycles. The molecular formula is C19H21ClN2O3. The van der Waals surface area contributed by atoms with E-state index in [1.165, 1.54) is 6.21 Å². The number of nitrogens with zero attached hydrogens (tertiary/aromatic N) is 1. The highest BCUT2D eigenvalue weighted by atomic mass is 35.5. The highest BCUT2D eigenvalue weighted by Crippen LogP contribution is 2.36. The molecule has 5 nitrogen and oxygen atoms in total. The average molecular weight is 361 g/mol. The maximum absolute atomic E-state index is 12.0. The Labute approximate surface area is 152 Å². The molecule has 6 heteroatoms. The van der Waals surface area contributed by atoms with Crippen LogP contribution in [0, 0.1) is 6.92 Å². The molecule has 0 heterocycles. The monoisotopic (exact) mass is 360 g/mol. The normalized spacial score (nSPS) is 11.0. The first kappa shape index (κ1) is 18.8. The molecule has 132 valence electrons. The van der Waals surface area contributed by atoms with E-state index in [0.29, 0.717) is 27.6 Å². The van der Waals surface area contributed by atoms with Gasteiger partial charge in [0, 0.05) is 5.56 Å². The fourth-order valence-electron chi connectivity index (χ4n) is 2.10. The summed E-state index contributed by atoms with van der Waals surface area (Å²) >= 11 is 6.26. The lowest BCUT2D eigenvalue weighted by atomic mass is 10.1. The van der Waals surface area contributed by atoms with Gasteiger partial charge in [-0.2, -0.15) is 5.10 Å². The fourth-order valence-corrected chi connectivity index (χ4v) is 2.36. The molecule has 0 aliphatic heterocycles. The zero-order chi connectivity index (χ0) is 18.4. The van der Waals surface area contributed by atoms with Gasteiger partial charge in [0.15, 0.2) is 11.5 Å². The van der Waals surface area contributed by atoms with E-state index >= 15 is 0 Å². The van der Waals surface area contributed by atoms with Gasteiger partial charge in [-0.25, -0.2) is 5.43 Å². The van der Waals surface area contributed by atoms with Crippen LogP contribution >= 0.6 is 11.6 Å². The molecule has 0 aromatic heterocycles. The molecule has 25 heavy (non-hydrogen) atoms. The predicted octanol–water partition coefficient (Wildman–Crippen LogP) is 4.21. The fraction of sp³-hybridized carbons (Fsp3) is 0.263. The minimum absolute atomic E-state index is 0.0280. The van der Waals surface area contributed by atoms with Crippen molar-refractivity contribution in [2.45, 2.75) is 26.9 Å². The molecule has 0 aliphatic rings. The van der Waals surface area contributed by atoms with E-state index in [9.17, 15) is 4.79 Å². The molecule has 2 rings (SSSR count). The predicted molar refractivity (Wildman–Crippen MR) is 100 cm³/mol. The molecule has 0 radical (unpaired) electrons. The molecule has 1 N–H and O–H groups in total. The molecular weight excluding hydrogens is 340 g/mol. The van der Waals surface area contributed by atoms with Crippen LogP contribution in [0.2, 0.25) is 5.02 Å². The molecule has 0 saturated heterocycles. The summed E-state index contributed by atoms with van der Waals surface area (Å²) in [7, 11) is 1.54. The highest BCUT2D eigenvalue weighted by Gasteiger charge is 2.13. The van der Waals surface area contributed by atoms with Crippen molar-refractivity contribution in [2.24, 2.45) is 5.10 Å². The molecule has 0 saturated carbocycles. The number of carbonyl (C=O) groups excluding carboxylic acids is 1. The second kappa shape index (κ2) is 8.53. The van der Waals surface area contributed by atoms with Crippen LogP contribution in [0.3, 0.4) is 0 Å². The maximum atomic E-state index is 12.0. The molecule has 0 spiro atoms. The summed E-state index contributed by atoms with van der Waals surface area (Å²) < 4.78 is 11.0. The Bertz CT molecular complexity index is 771. The SMILES string of the molecule is COc1cc(/C=N\NC(=O)c2ccc(C)cc2)cc(Cl)c1OC(C)C. The van der Waals surface area contributed by atoms with Crippen LogP contribution in [0.15, 0.2) is 41.5 Å². The molecule has 0 unspecified atom stereocenters. The van der Waals surface area contributed by atoms with Crippen molar-refractivity contribution in [1.29, 1.82) is 0 Å². The van der Waals surface area contributed by atoms with E-state index in [1.807, 2.05) is 32.9 Å². The van der Waals surface area contributed by atoms with Crippen LogP contribution in [0.5, 0.6) is 11.5 Å². The highest BCUT2D eigenvalue weighted by molar-refractivity contribution is 6.32. The lowest BCUT2D eigenvalue weighted by Crippen LogP contribution is -2.17. The van der Waals surface area contributed by atoms with Gasteiger partial charge in [0.2, 0.25) is 0 Å². The summed E-state index contributed by atoms with van der Waals surface area (Å²) in [5.41, 5.74) is 4.80. The lowest BCUT2D eigenvalue weighted by molar-refractivity contribution is 0.0955. The third-order valence-corrected chi connectivity index (χ3v) is 3.58. The van der Waals surface area contributed by atoms with Crippen molar-refractivity contribution in [2.75, 3.05) is 7.11 Å². The maximum Gasteiger partial charge on any atom is 0.271 e. The van der Waals surface area contributed by atoms with Gasteiger partial charge in [-0.05, 0) is 50.6 Å². The number of nitrogens with one attached hydrogen (secondary N) is 1. The first-order valence-corrected chi connectivity index (χ1v) is 8.22. The van der Waals surface area contributed by atoms with Gasteiger partial charge in [-0.15, -0.1) is 0 Å². The number of benzene rings is 2. The number of methoxy groups -OCH3 is 1. The molecule has 2 aromatic rings. The molecule has 0 aliphatic carbocycles. The Balaban J connectivity index is 2.11. The zero-order valence-corrected chi connectivity index (χ0v) is 15.4. The van der Waals surface area contributed by atoms with Gasteiger partial charge in [0.05, 0.1) is 24.5 Å². The number of hydrogen-bond acceptors (Lipinski definition) is 4. The minimum Gasteiger partial charge on any atom is -0.493 e. The summed E-state index contributed by atoms with van der Waals surface area (Å²) in [5.74, 6) is 0.710. The van der Waals surface area contributed by atoms with E-state index in [0.717, 1.165) is 5.56 Å². The number of hydrogen-bond donors (Lipinski definition) is 1. The number of amides is 1. The summed E-state index contributed by atoms with van der Waals surface area (Å²) in [6, 6.07) is 10.7. The van der Waals surface area contributed by atoms with E-state index in [-0.39, 0.29) is 12.0 Å². The average Bonchev–Trinajstić information content (AvgIpc) is 2.57. The second-order valence-corrected chi connectivity index (χ2v) is 6.17. The standard InChI is InChI=1S/C19H21ClN2O3/c1-12(2)25-18-16(20)9-14(10-17(18)24-4)11-21-22-19(23)15-7-5-13(3)6-8-15/h5-12H,1-4H3,(H,22,23)/b21-11-. The number of hydrazone groups is 1. The van der Waals surface area contributed by atoms with Gasteiger partial charge >= 0.3 is 0 Å². The molecule has 0 atom stereocenters. The van der Waals surface area contributed by atoms with Crippen molar-refractivity contribution in [3.05, 3.63) is 58.1 Å². The Morgan fingerprint density at radius 2 is 1.92 bits per heavy atom. The van der Waals surface area contributed by atoms with Gasteiger partial charge < -0.3 is 9.47 Å². The Kier molecular flexibility index (Phi) is 6.42. The van der Waals surface area contributed by atoms with Crippen molar-refractivity contribution in [3.63, 3.8) is 0 Å². The smallest absolute Gasteiger partial charge is 0.271 e.